The Kier molecular flexibility index (Phi) is 4.27. The van der Waals surface area contributed by atoms with Gasteiger partial charge in [0.2, 0.25) is 5.91 Å². The van der Waals surface area contributed by atoms with Crippen molar-refractivity contribution in [2.45, 2.75) is 18.4 Å². The van der Waals surface area contributed by atoms with E-state index in [-0.39, 0.29) is 17.9 Å². The Labute approximate surface area is 154 Å². The first-order valence-electron chi connectivity index (χ1n) is 7.83. The molecule has 0 aliphatic carbocycles. The summed E-state index contributed by atoms with van der Waals surface area (Å²) in [6.07, 6.45) is 0.442. The average Bonchev–Trinajstić information content (AvgIpc) is 2.94. The van der Waals surface area contributed by atoms with Crippen molar-refractivity contribution in [2.75, 3.05) is 0 Å². The lowest BCUT2D eigenvalue weighted by atomic mass is 10.1. The number of carbonyl (C=O) groups is 2. The van der Waals surface area contributed by atoms with Crippen LogP contribution in [0.1, 0.15) is 17.5 Å². The van der Waals surface area contributed by atoms with Gasteiger partial charge in [0.1, 0.15) is 12.3 Å². The summed E-state index contributed by atoms with van der Waals surface area (Å²) in [7, 11) is 0. The monoisotopic (exact) mass is 371 g/mol. The Bertz CT molecular complexity index is 864. The summed E-state index contributed by atoms with van der Waals surface area (Å²) >= 11 is 7.47. The Morgan fingerprint density at radius 1 is 1.16 bits per heavy atom. The van der Waals surface area contributed by atoms with E-state index in [1.54, 1.807) is 17.0 Å². The first-order valence-corrected chi connectivity index (χ1v) is 9.09. The predicted molar refractivity (Wildman–Crippen MR) is 97.5 cm³/mol. The van der Waals surface area contributed by atoms with Crippen molar-refractivity contribution in [3.05, 3.63) is 76.4 Å². The van der Waals surface area contributed by atoms with Gasteiger partial charge in [0.05, 0.1) is 11.8 Å². The van der Waals surface area contributed by atoms with Gasteiger partial charge >= 0.3 is 5.97 Å². The number of hydrogen-bond acceptors (Lipinski definition) is 4. The van der Waals surface area contributed by atoms with Gasteiger partial charge in [-0.25, -0.2) is 4.79 Å². The van der Waals surface area contributed by atoms with Crippen LogP contribution >= 0.6 is 23.4 Å². The van der Waals surface area contributed by atoms with Crippen LogP contribution in [0.15, 0.2) is 60.3 Å². The SMILES string of the molecule is O=C(OCc1ccccc1)C1=C(c2ccc(Cl)cc2)S[C@@H]2CC(=O)N12. The molecule has 126 valence electrons. The lowest BCUT2D eigenvalue weighted by molar-refractivity contribution is -0.149. The van der Waals surface area contributed by atoms with Gasteiger partial charge in [0, 0.05) is 9.93 Å². The van der Waals surface area contributed by atoms with Crippen molar-refractivity contribution >= 4 is 40.1 Å². The van der Waals surface area contributed by atoms with Crippen LogP contribution < -0.4 is 0 Å². The van der Waals surface area contributed by atoms with E-state index in [2.05, 4.69) is 0 Å². The zero-order chi connectivity index (χ0) is 17.4. The molecule has 0 unspecified atom stereocenters. The molecule has 1 fully saturated rings. The maximum atomic E-state index is 12.7. The van der Waals surface area contributed by atoms with Gasteiger partial charge in [-0.1, -0.05) is 65.8 Å². The lowest BCUT2D eigenvalue weighted by Gasteiger charge is -2.34. The quantitative estimate of drug-likeness (QED) is 0.600. The average molecular weight is 372 g/mol. The molecule has 0 bridgehead atoms. The summed E-state index contributed by atoms with van der Waals surface area (Å²) in [6, 6.07) is 16.7. The molecule has 0 radical (unpaired) electrons. The number of halogens is 1. The van der Waals surface area contributed by atoms with E-state index in [1.807, 2.05) is 42.5 Å². The van der Waals surface area contributed by atoms with Crippen LogP contribution in [0.25, 0.3) is 4.91 Å². The van der Waals surface area contributed by atoms with Crippen LogP contribution in [0.5, 0.6) is 0 Å². The molecule has 0 aromatic heterocycles. The van der Waals surface area contributed by atoms with Gasteiger partial charge < -0.3 is 4.74 Å². The standard InChI is InChI=1S/C19H14ClNO3S/c20-14-8-6-13(7-9-14)18-17(21-15(22)10-16(21)25-18)19(23)24-11-12-4-2-1-3-5-12/h1-9,16H,10-11H2/t16-/m1/s1. The third kappa shape index (κ3) is 3.05. The number of thioether (sulfide) groups is 1. The number of β-lactam (4-membered cyclic amide) rings is 1. The second-order valence-electron chi connectivity index (χ2n) is 5.79. The zero-order valence-electron chi connectivity index (χ0n) is 13.1. The van der Waals surface area contributed by atoms with E-state index in [0.717, 1.165) is 16.0 Å². The number of nitrogens with zero attached hydrogens (tertiary/aromatic N) is 1. The van der Waals surface area contributed by atoms with E-state index in [0.29, 0.717) is 17.1 Å². The van der Waals surface area contributed by atoms with Gasteiger partial charge in [0.15, 0.2) is 0 Å². The molecular weight excluding hydrogens is 358 g/mol. The highest BCUT2D eigenvalue weighted by molar-refractivity contribution is 8.09. The number of rotatable bonds is 4. The molecular formula is C19H14ClNO3S. The number of fused-ring (bicyclic) bond motifs is 1. The summed E-state index contributed by atoms with van der Waals surface area (Å²) < 4.78 is 5.46. The van der Waals surface area contributed by atoms with Crippen molar-refractivity contribution in [3.63, 3.8) is 0 Å². The van der Waals surface area contributed by atoms with Gasteiger partial charge in [-0.15, -0.1) is 0 Å². The van der Waals surface area contributed by atoms with E-state index >= 15 is 0 Å². The van der Waals surface area contributed by atoms with Crippen molar-refractivity contribution < 1.29 is 14.3 Å². The normalized spacial score (nSPS) is 18.8. The fourth-order valence-electron chi connectivity index (χ4n) is 2.84. The number of hydrogen-bond donors (Lipinski definition) is 0. The number of benzene rings is 2. The molecule has 2 aliphatic rings. The Balaban J connectivity index is 1.62. The molecule has 1 amide bonds. The Morgan fingerprint density at radius 2 is 1.88 bits per heavy atom. The van der Waals surface area contributed by atoms with Crippen LogP contribution in [0, 0.1) is 0 Å². The number of esters is 1. The van der Waals surface area contributed by atoms with Crippen LogP contribution in [0.4, 0.5) is 0 Å². The van der Waals surface area contributed by atoms with E-state index in [4.69, 9.17) is 16.3 Å². The summed E-state index contributed by atoms with van der Waals surface area (Å²) in [6.45, 7) is 0.175. The molecule has 0 N–H and O–H groups in total. The van der Waals surface area contributed by atoms with Crippen LogP contribution in [0.2, 0.25) is 5.02 Å². The second kappa shape index (κ2) is 6.58. The third-order valence-electron chi connectivity index (χ3n) is 4.13. The molecule has 2 heterocycles. The van der Waals surface area contributed by atoms with E-state index in [1.165, 1.54) is 11.8 Å². The Morgan fingerprint density at radius 3 is 2.56 bits per heavy atom. The highest BCUT2D eigenvalue weighted by atomic mass is 35.5. The highest BCUT2D eigenvalue weighted by Gasteiger charge is 2.49. The molecule has 1 atom stereocenters. The van der Waals surface area contributed by atoms with Crippen molar-refractivity contribution in [2.24, 2.45) is 0 Å². The summed E-state index contributed by atoms with van der Waals surface area (Å²) in [5, 5.41) is 0.609. The smallest absolute Gasteiger partial charge is 0.356 e. The fraction of sp³-hybridized carbons (Fsp3) is 0.158. The molecule has 2 aromatic carbocycles. The number of ether oxygens (including phenoxy) is 1. The molecule has 0 spiro atoms. The first-order chi connectivity index (χ1) is 12.1. The summed E-state index contributed by atoms with van der Waals surface area (Å²) in [4.78, 5) is 27.0. The summed E-state index contributed by atoms with van der Waals surface area (Å²) in [5.41, 5.74) is 2.11. The number of carbonyl (C=O) groups excluding carboxylic acids is 2. The summed E-state index contributed by atoms with van der Waals surface area (Å²) in [5.74, 6) is -0.523. The molecule has 2 aliphatic heterocycles. The van der Waals surface area contributed by atoms with Crippen molar-refractivity contribution in [1.82, 2.24) is 4.90 Å². The largest absolute Gasteiger partial charge is 0.456 e. The van der Waals surface area contributed by atoms with Crippen molar-refractivity contribution in [1.29, 1.82) is 0 Å². The third-order valence-corrected chi connectivity index (χ3v) is 5.69. The van der Waals surface area contributed by atoms with E-state index in [9.17, 15) is 9.59 Å². The molecule has 6 heteroatoms. The molecule has 25 heavy (non-hydrogen) atoms. The molecule has 0 saturated carbocycles. The molecule has 2 aromatic rings. The molecule has 1 saturated heterocycles. The lowest BCUT2D eigenvalue weighted by Crippen LogP contribution is -2.48. The van der Waals surface area contributed by atoms with E-state index < -0.39 is 5.97 Å². The highest BCUT2D eigenvalue weighted by Crippen LogP contribution is 2.50. The van der Waals surface area contributed by atoms with Crippen LogP contribution in [-0.2, 0) is 20.9 Å². The second-order valence-corrected chi connectivity index (χ2v) is 7.41. The maximum absolute atomic E-state index is 12.7. The van der Waals surface area contributed by atoms with Crippen LogP contribution in [0.3, 0.4) is 0 Å². The minimum atomic E-state index is -0.475. The predicted octanol–water partition coefficient (Wildman–Crippen LogP) is 4.06. The minimum absolute atomic E-state index is 0.0162. The van der Waals surface area contributed by atoms with Gasteiger partial charge in [-0.05, 0) is 23.3 Å². The zero-order valence-corrected chi connectivity index (χ0v) is 14.7. The topological polar surface area (TPSA) is 46.6 Å². The number of amides is 1. The minimum Gasteiger partial charge on any atom is -0.456 e. The maximum Gasteiger partial charge on any atom is 0.356 e. The van der Waals surface area contributed by atoms with Gasteiger partial charge in [-0.2, -0.15) is 0 Å². The first kappa shape index (κ1) is 16.2. The Hall–Kier alpha value is -2.24. The van der Waals surface area contributed by atoms with Crippen molar-refractivity contribution in [3.8, 4) is 0 Å². The fourth-order valence-corrected chi connectivity index (χ4v) is 4.36. The van der Waals surface area contributed by atoms with Gasteiger partial charge in [-0.3, -0.25) is 9.69 Å². The van der Waals surface area contributed by atoms with Crippen LogP contribution in [-0.4, -0.2) is 22.2 Å². The van der Waals surface area contributed by atoms with Gasteiger partial charge in [0.25, 0.3) is 0 Å². The molecule has 4 rings (SSSR count). The molecule has 4 nitrogen and oxygen atoms in total.